The lowest BCUT2D eigenvalue weighted by Gasteiger charge is -2.21. The fourth-order valence-corrected chi connectivity index (χ4v) is 1.85. The van der Waals surface area contributed by atoms with Gasteiger partial charge in [-0.25, -0.2) is 0 Å². The van der Waals surface area contributed by atoms with E-state index in [2.05, 4.69) is 23.6 Å². The van der Waals surface area contributed by atoms with Crippen LogP contribution in [0.4, 0.5) is 0 Å². The van der Waals surface area contributed by atoms with Crippen molar-refractivity contribution in [1.82, 2.24) is 10.6 Å². The van der Waals surface area contributed by atoms with Gasteiger partial charge in [-0.15, -0.1) is 0 Å². The SMILES string of the molecule is C/C=C/C=C1\C(=CCC)NCC=C1C(=O)NCCO. The van der Waals surface area contributed by atoms with Crippen LogP contribution in [-0.4, -0.2) is 30.7 Å². The summed E-state index contributed by atoms with van der Waals surface area (Å²) in [5, 5.41) is 14.7. The molecule has 0 fully saturated rings. The number of amides is 1. The number of carbonyl (C=O) groups is 1. The number of aliphatic hydroxyl groups is 1. The van der Waals surface area contributed by atoms with Crippen molar-refractivity contribution in [2.75, 3.05) is 19.7 Å². The number of rotatable bonds is 5. The lowest BCUT2D eigenvalue weighted by Crippen LogP contribution is -2.32. The average Bonchev–Trinajstić information content (AvgIpc) is 2.43. The molecule has 0 unspecified atom stereocenters. The molecule has 0 saturated heterocycles. The average molecular weight is 262 g/mol. The van der Waals surface area contributed by atoms with Crippen LogP contribution in [0, 0.1) is 0 Å². The Morgan fingerprint density at radius 2 is 2.37 bits per heavy atom. The zero-order chi connectivity index (χ0) is 14.1. The summed E-state index contributed by atoms with van der Waals surface area (Å²) in [7, 11) is 0. The second-order valence-corrected chi connectivity index (χ2v) is 4.11. The van der Waals surface area contributed by atoms with E-state index in [0.29, 0.717) is 12.1 Å². The molecule has 4 nitrogen and oxygen atoms in total. The van der Waals surface area contributed by atoms with E-state index in [9.17, 15) is 4.79 Å². The maximum absolute atomic E-state index is 12.1. The minimum Gasteiger partial charge on any atom is -0.395 e. The first kappa shape index (κ1) is 15.2. The van der Waals surface area contributed by atoms with Gasteiger partial charge in [0, 0.05) is 29.9 Å². The van der Waals surface area contributed by atoms with Crippen molar-refractivity contribution in [1.29, 1.82) is 0 Å². The molecule has 1 aliphatic heterocycles. The summed E-state index contributed by atoms with van der Waals surface area (Å²) < 4.78 is 0. The molecule has 3 N–H and O–H groups in total. The van der Waals surface area contributed by atoms with Gasteiger partial charge in [-0.2, -0.15) is 0 Å². The van der Waals surface area contributed by atoms with E-state index in [1.54, 1.807) is 0 Å². The second kappa shape index (κ2) is 8.32. The Bertz CT molecular complexity index is 431. The monoisotopic (exact) mass is 262 g/mol. The van der Waals surface area contributed by atoms with Crippen molar-refractivity contribution in [3.63, 3.8) is 0 Å². The lowest BCUT2D eigenvalue weighted by atomic mass is 9.97. The molecule has 0 aromatic heterocycles. The summed E-state index contributed by atoms with van der Waals surface area (Å²) in [5.41, 5.74) is 2.53. The smallest absolute Gasteiger partial charge is 0.251 e. The minimum atomic E-state index is -0.145. The highest BCUT2D eigenvalue weighted by molar-refractivity contribution is 5.99. The van der Waals surface area contributed by atoms with E-state index >= 15 is 0 Å². The van der Waals surface area contributed by atoms with Crippen LogP contribution in [0.5, 0.6) is 0 Å². The van der Waals surface area contributed by atoms with Gasteiger partial charge < -0.3 is 15.7 Å². The normalized spacial score (nSPS) is 19.6. The number of hydrogen-bond acceptors (Lipinski definition) is 3. The molecular weight excluding hydrogens is 240 g/mol. The van der Waals surface area contributed by atoms with Crippen molar-refractivity contribution < 1.29 is 9.90 Å². The van der Waals surface area contributed by atoms with Gasteiger partial charge in [-0.3, -0.25) is 4.79 Å². The van der Waals surface area contributed by atoms with Crippen LogP contribution >= 0.6 is 0 Å². The van der Waals surface area contributed by atoms with Crippen LogP contribution in [-0.2, 0) is 4.79 Å². The van der Waals surface area contributed by atoms with E-state index in [1.807, 2.05) is 31.2 Å². The molecule has 0 saturated carbocycles. The van der Waals surface area contributed by atoms with Crippen molar-refractivity contribution in [2.45, 2.75) is 20.3 Å². The lowest BCUT2D eigenvalue weighted by molar-refractivity contribution is -0.117. The summed E-state index contributed by atoms with van der Waals surface area (Å²) in [6.45, 7) is 4.86. The molecule has 1 amide bonds. The largest absolute Gasteiger partial charge is 0.395 e. The van der Waals surface area contributed by atoms with Crippen LogP contribution in [0.2, 0.25) is 0 Å². The number of aliphatic hydroxyl groups excluding tert-OH is 1. The van der Waals surface area contributed by atoms with E-state index in [0.717, 1.165) is 17.7 Å². The van der Waals surface area contributed by atoms with Crippen LogP contribution in [0.25, 0.3) is 0 Å². The van der Waals surface area contributed by atoms with Gasteiger partial charge in [0.25, 0.3) is 5.91 Å². The Balaban J connectivity index is 3.02. The van der Waals surface area contributed by atoms with Gasteiger partial charge >= 0.3 is 0 Å². The maximum Gasteiger partial charge on any atom is 0.251 e. The second-order valence-electron chi connectivity index (χ2n) is 4.11. The number of hydrogen-bond donors (Lipinski definition) is 3. The quantitative estimate of drug-likeness (QED) is 0.702. The first-order chi connectivity index (χ1) is 9.24. The number of nitrogens with one attached hydrogen (secondary N) is 2. The van der Waals surface area contributed by atoms with Crippen molar-refractivity contribution in [3.8, 4) is 0 Å². The summed E-state index contributed by atoms with van der Waals surface area (Å²) in [6, 6.07) is 0. The van der Waals surface area contributed by atoms with Gasteiger partial charge in [-0.1, -0.05) is 37.3 Å². The standard InChI is InChI=1S/C15H22N2O2/c1-3-5-7-12-13(15(19)17-10-11-18)8-9-16-14(12)6-4-2/h3,5-8,16,18H,4,9-11H2,1-2H3,(H,17,19)/b5-3+,12-7-,14-6?. The molecule has 1 rings (SSSR count). The Labute approximate surface area is 114 Å². The fourth-order valence-electron chi connectivity index (χ4n) is 1.85. The van der Waals surface area contributed by atoms with E-state index in [4.69, 9.17) is 5.11 Å². The third-order valence-electron chi connectivity index (χ3n) is 2.68. The van der Waals surface area contributed by atoms with Gasteiger partial charge in [0.2, 0.25) is 0 Å². The zero-order valence-corrected chi connectivity index (χ0v) is 11.6. The fraction of sp³-hybridized carbons (Fsp3) is 0.400. The highest BCUT2D eigenvalue weighted by Gasteiger charge is 2.19. The molecule has 104 valence electrons. The predicted molar refractivity (Wildman–Crippen MR) is 77.5 cm³/mol. The Kier molecular flexibility index (Phi) is 6.68. The molecule has 0 atom stereocenters. The molecular formula is C15H22N2O2. The van der Waals surface area contributed by atoms with Gasteiger partial charge in [0.1, 0.15) is 0 Å². The molecule has 4 heteroatoms. The Morgan fingerprint density at radius 3 is 3.00 bits per heavy atom. The van der Waals surface area contributed by atoms with Gasteiger partial charge in [-0.05, 0) is 13.3 Å². The minimum absolute atomic E-state index is 0.0527. The van der Waals surface area contributed by atoms with Crippen molar-refractivity contribution in [2.24, 2.45) is 0 Å². The van der Waals surface area contributed by atoms with Crippen LogP contribution in [0.1, 0.15) is 20.3 Å². The van der Waals surface area contributed by atoms with Crippen molar-refractivity contribution in [3.05, 3.63) is 47.2 Å². The molecule has 0 aromatic rings. The molecule has 0 bridgehead atoms. The number of allylic oxidation sites excluding steroid dienone is 5. The predicted octanol–water partition coefficient (Wildman–Crippen LogP) is 1.42. The first-order valence-electron chi connectivity index (χ1n) is 6.61. The molecule has 0 aliphatic carbocycles. The molecule has 0 aromatic carbocycles. The first-order valence-corrected chi connectivity index (χ1v) is 6.61. The molecule has 0 radical (unpaired) electrons. The molecule has 19 heavy (non-hydrogen) atoms. The van der Waals surface area contributed by atoms with Gasteiger partial charge in [0.05, 0.1) is 6.61 Å². The van der Waals surface area contributed by atoms with E-state index < -0.39 is 0 Å². The molecule has 1 heterocycles. The third kappa shape index (κ3) is 4.41. The molecule has 0 spiro atoms. The third-order valence-corrected chi connectivity index (χ3v) is 2.68. The number of carbonyl (C=O) groups excluding carboxylic acids is 1. The van der Waals surface area contributed by atoms with Crippen molar-refractivity contribution >= 4 is 5.91 Å². The highest BCUT2D eigenvalue weighted by Crippen LogP contribution is 2.22. The van der Waals surface area contributed by atoms with Crippen LogP contribution < -0.4 is 10.6 Å². The van der Waals surface area contributed by atoms with Crippen LogP contribution in [0.3, 0.4) is 0 Å². The topological polar surface area (TPSA) is 61.4 Å². The highest BCUT2D eigenvalue weighted by atomic mass is 16.3. The van der Waals surface area contributed by atoms with E-state index in [-0.39, 0.29) is 19.1 Å². The summed E-state index contributed by atoms with van der Waals surface area (Å²) in [5.74, 6) is -0.145. The Morgan fingerprint density at radius 1 is 1.58 bits per heavy atom. The summed E-state index contributed by atoms with van der Waals surface area (Å²) in [4.78, 5) is 12.1. The summed E-state index contributed by atoms with van der Waals surface area (Å²) in [6.07, 6.45) is 10.6. The Hall–Kier alpha value is -1.81. The summed E-state index contributed by atoms with van der Waals surface area (Å²) >= 11 is 0. The maximum atomic E-state index is 12.1. The van der Waals surface area contributed by atoms with E-state index in [1.165, 1.54) is 0 Å². The molecule has 1 aliphatic rings. The van der Waals surface area contributed by atoms with Gasteiger partial charge in [0.15, 0.2) is 0 Å². The zero-order valence-electron chi connectivity index (χ0n) is 11.6. The van der Waals surface area contributed by atoms with Crippen LogP contribution in [0.15, 0.2) is 47.2 Å².